The Labute approximate surface area is 173 Å². The third kappa shape index (κ3) is 3.96. The van der Waals surface area contributed by atoms with Crippen LogP contribution in [0.5, 0.6) is 0 Å². The summed E-state index contributed by atoms with van der Waals surface area (Å²) in [7, 11) is -2.31. The summed E-state index contributed by atoms with van der Waals surface area (Å²) in [5, 5.41) is 9.33. The van der Waals surface area contributed by atoms with Crippen molar-refractivity contribution in [3.63, 3.8) is 0 Å². The number of hydrogen-bond donors (Lipinski definition) is 2. The number of thiophene rings is 1. The van der Waals surface area contributed by atoms with E-state index in [9.17, 15) is 13.2 Å². The first-order valence-electron chi connectivity index (χ1n) is 9.20. The molecule has 4 rings (SSSR count). The molecule has 0 radical (unpaired) electrons. The van der Waals surface area contributed by atoms with Gasteiger partial charge >= 0.3 is 0 Å². The van der Waals surface area contributed by atoms with Crippen molar-refractivity contribution in [1.82, 2.24) is 24.8 Å². The summed E-state index contributed by atoms with van der Waals surface area (Å²) < 4.78 is 28.6. The van der Waals surface area contributed by atoms with Crippen LogP contribution in [0.25, 0.3) is 10.4 Å². The van der Waals surface area contributed by atoms with Crippen LogP contribution in [0.4, 0.5) is 0 Å². The molecule has 1 atom stereocenters. The fourth-order valence-corrected chi connectivity index (χ4v) is 4.98. The fourth-order valence-electron chi connectivity index (χ4n) is 3.46. The van der Waals surface area contributed by atoms with Gasteiger partial charge in [-0.2, -0.15) is 5.10 Å². The Hall–Kier alpha value is -2.56. The Kier molecular flexibility index (Phi) is 5.24. The van der Waals surface area contributed by atoms with Crippen LogP contribution < -0.4 is 10.0 Å². The van der Waals surface area contributed by atoms with Crippen LogP contribution in [0.1, 0.15) is 28.4 Å². The Bertz CT molecular complexity index is 1150. The van der Waals surface area contributed by atoms with Gasteiger partial charge in [-0.3, -0.25) is 4.79 Å². The zero-order chi connectivity index (χ0) is 20.6. The van der Waals surface area contributed by atoms with Crippen molar-refractivity contribution in [2.75, 3.05) is 7.05 Å². The molecular formula is C19H21N5O3S2. The summed E-state index contributed by atoms with van der Waals surface area (Å²) in [6, 6.07) is 8.35. The molecule has 1 aliphatic rings. The maximum Gasteiger partial charge on any atom is 0.252 e. The molecule has 1 aromatic carbocycles. The number of carbonyl (C=O) groups is 1. The van der Waals surface area contributed by atoms with E-state index < -0.39 is 10.0 Å². The Balaban J connectivity index is 1.65. The molecule has 1 unspecified atom stereocenters. The highest BCUT2D eigenvalue weighted by molar-refractivity contribution is 7.89. The molecule has 2 N–H and O–H groups in total. The van der Waals surface area contributed by atoms with Crippen molar-refractivity contribution in [3.8, 4) is 10.4 Å². The number of amides is 1. The molecule has 0 saturated carbocycles. The average Bonchev–Trinajstić information content (AvgIpc) is 3.36. The molecule has 0 fully saturated rings. The standard InChI is InChI=1S/C19H21N5O3S2/c1-12-21-18-8-5-13(11-24(18)23-12)22-19(25)16-10-14(29(26,27)20-2)6-7-15(16)17-4-3-9-28-17/h3-4,6-7,9-10,13,20H,5,8,11H2,1-2H3,(H,22,25). The molecule has 8 nitrogen and oxygen atoms in total. The molecule has 3 heterocycles. The van der Waals surface area contributed by atoms with Crippen LogP contribution in [-0.4, -0.2) is 42.2 Å². The number of nitrogens with one attached hydrogen (secondary N) is 2. The molecule has 0 bridgehead atoms. The van der Waals surface area contributed by atoms with Crippen molar-refractivity contribution in [3.05, 3.63) is 52.9 Å². The van der Waals surface area contributed by atoms with Gasteiger partial charge in [-0.25, -0.2) is 22.8 Å². The highest BCUT2D eigenvalue weighted by Gasteiger charge is 2.25. The lowest BCUT2D eigenvalue weighted by Gasteiger charge is -2.24. The number of nitrogens with zero attached hydrogens (tertiary/aromatic N) is 3. The Morgan fingerprint density at radius 1 is 1.31 bits per heavy atom. The van der Waals surface area contributed by atoms with E-state index in [4.69, 9.17) is 0 Å². The van der Waals surface area contributed by atoms with Gasteiger partial charge in [0.2, 0.25) is 10.0 Å². The summed E-state index contributed by atoms with van der Waals surface area (Å²) in [5.74, 6) is 1.35. The van der Waals surface area contributed by atoms with Crippen molar-refractivity contribution in [2.45, 2.75) is 37.2 Å². The van der Waals surface area contributed by atoms with Crippen LogP contribution in [0.15, 0.2) is 40.6 Å². The number of aryl methyl sites for hydroxylation is 2. The maximum absolute atomic E-state index is 13.1. The third-order valence-corrected chi connectivity index (χ3v) is 7.22. The molecule has 29 heavy (non-hydrogen) atoms. The average molecular weight is 432 g/mol. The number of aromatic nitrogens is 3. The van der Waals surface area contributed by atoms with E-state index in [0.717, 1.165) is 29.4 Å². The zero-order valence-electron chi connectivity index (χ0n) is 16.0. The monoisotopic (exact) mass is 431 g/mol. The summed E-state index contributed by atoms with van der Waals surface area (Å²) >= 11 is 1.50. The van der Waals surface area contributed by atoms with Crippen LogP contribution >= 0.6 is 11.3 Å². The second kappa shape index (κ2) is 7.69. The highest BCUT2D eigenvalue weighted by Crippen LogP contribution is 2.30. The number of carbonyl (C=O) groups excluding carboxylic acids is 1. The Morgan fingerprint density at radius 2 is 2.14 bits per heavy atom. The van der Waals surface area contributed by atoms with E-state index in [1.807, 2.05) is 29.1 Å². The predicted octanol–water partition coefficient (Wildman–Crippen LogP) is 1.97. The lowest BCUT2D eigenvalue weighted by Crippen LogP contribution is -2.41. The van der Waals surface area contributed by atoms with Gasteiger partial charge in [-0.05, 0) is 44.0 Å². The van der Waals surface area contributed by atoms with Gasteiger partial charge in [0, 0.05) is 28.5 Å². The Morgan fingerprint density at radius 3 is 2.86 bits per heavy atom. The van der Waals surface area contributed by atoms with E-state index in [1.165, 1.54) is 30.5 Å². The van der Waals surface area contributed by atoms with Gasteiger partial charge in [0.25, 0.3) is 5.91 Å². The number of sulfonamides is 1. The molecule has 3 aromatic rings. The molecule has 0 saturated heterocycles. The van der Waals surface area contributed by atoms with Gasteiger partial charge in [-0.15, -0.1) is 11.3 Å². The molecule has 2 aromatic heterocycles. The van der Waals surface area contributed by atoms with E-state index in [0.29, 0.717) is 17.7 Å². The van der Waals surface area contributed by atoms with Crippen molar-refractivity contribution >= 4 is 27.3 Å². The minimum atomic E-state index is -3.66. The molecule has 0 spiro atoms. The van der Waals surface area contributed by atoms with Gasteiger partial charge in [0.15, 0.2) is 0 Å². The summed E-state index contributed by atoms with van der Waals surface area (Å²) in [6.07, 6.45) is 1.49. The van der Waals surface area contributed by atoms with Crippen LogP contribution in [-0.2, 0) is 23.0 Å². The molecule has 1 amide bonds. The van der Waals surface area contributed by atoms with Gasteiger partial charge in [0.1, 0.15) is 11.6 Å². The fraction of sp³-hybridized carbons (Fsp3) is 0.316. The molecule has 0 aliphatic carbocycles. The topological polar surface area (TPSA) is 106 Å². The van der Waals surface area contributed by atoms with Crippen LogP contribution in [0.3, 0.4) is 0 Å². The normalized spacial score (nSPS) is 16.4. The minimum absolute atomic E-state index is 0.0586. The smallest absolute Gasteiger partial charge is 0.252 e. The van der Waals surface area contributed by atoms with E-state index in [1.54, 1.807) is 6.07 Å². The summed E-state index contributed by atoms with van der Waals surface area (Å²) in [5.41, 5.74) is 1.05. The molecule has 1 aliphatic heterocycles. The first-order chi connectivity index (χ1) is 13.9. The molecule has 10 heteroatoms. The number of benzene rings is 1. The van der Waals surface area contributed by atoms with Gasteiger partial charge in [-0.1, -0.05) is 12.1 Å². The number of hydrogen-bond acceptors (Lipinski definition) is 6. The van der Waals surface area contributed by atoms with Gasteiger partial charge in [0.05, 0.1) is 11.4 Å². The van der Waals surface area contributed by atoms with Crippen molar-refractivity contribution in [1.29, 1.82) is 0 Å². The summed E-state index contributed by atoms with van der Waals surface area (Å²) in [6.45, 7) is 2.39. The van der Waals surface area contributed by atoms with Crippen molar-refractivity contribution in [2.24, 2.45) is 0 Å². The van der Waals surface area contributed by atoms with E-state index in [2.05, 4.69) is 20.1 Å². The number of rotatable bonds is 5. The molecular weight excluding hydrogens is 410 g/mol. The van der Waals surface area contributed by atoms with Crippen molar-refractivity contribution < 1.29 is 13.2 Å². The quantitative estimate of drug-likeness (QED) is 0.642. The van der Waals surface area contributed by atoms with E-state index in [-0.39, 0.29) is 16.8 Å². The first-order valence-corrected chi connectivity index (χ1v) is 11.6. The van der Waals surface area contributed by atoms with Crippen LogP contribution in [0.2, 0.25) is 0 Å². The highest BCUT2D eigenvalue weighted by atomic mass is 32.2. The molecule has 152 valence electrons. The third-order valence-electron chi connectivity index (χ3n) is 4.90. The maximum atomic E-state index is 13.1. The second-order valence-electron chi connectivity index (χ2n) is 6.86. The zero-order valence-corrected chi connectivity index (χ0v) is 17.7. The second-order valence-corrected chi connectivity index (χ2v) is 9.69. The lowest BCUT2D eigenvalue weighted by molar-refractivity contribution is 0.0926. The van der Waals surface area contributed by atoms with E-state index >= 15 is 0 Å². The SMILES string of the molecule is CNS(=O)(=O)c1ccc(-c2cccs2)c(C(=O)NC2CCc3nc(C)nn3C2)c1. The van der Waals surface area contributed by atoms with Crippen LogP contribution in [0, 0.1) is 6.92 Å². The first kappa shape index (κ1) is 19.7. The lowest BCUT2D eigenvalue weighted by atomic mass is 10.0. The van der Waals surface area contributed by atoms with Gasteiger partial charge < -0.3 is 5.32 Å². The minimum Gasteiger partial charge on any atom is -0.347 e. The largest absolute Gasteiger partial charge is 0.347 e. The number of fused-ring (bicyclic) bond motifs is 1. The predicted molar refractivity (Wildman–Crippen MR) is 110 cm³/mol. The summed E-state index contributed by atoms with van der Waals surface area (Å²) in [4.78, 5) is 18.5.